The van der Waals surface area contributed by atoms with Crippen LogP contribution in [0.3, 0.4) is 0 Å². The highest BCUT2D eigenvalue weighted by molar-refractivity contribution is 7.89. The Balaban J connectivity index is 1.81. The first kappa shape index (κ1) is 17.4. The SMILES string of the molecule is Cc1c(CNC2CCN(S(=O)(=O)CC(C)C)CC2)cnn1C. The van der Waals surface area contributed by atoms with Gasteiger partial charge in [-0.1, -0.05) is 13.8 Å². The van der Waals surface area contributed by atoms with E-state index in [0.29, 0.717) is 19.1 Å². The lowest BCUT2D eigenvalue weighted by Crippen LogP contribution is -2.45. The van der Waals surface area contributed by atoms with Gasteiger partial charge in [-0.2, -0.15) is 5.10 Å². The first-order valence-electron chi connectivity index (χ1n) is 7.98. The monoisotopic (exact) mass is 328 g/mol. The second-order valence-electron chi connectivity index (χ2n) is 6.61. The van der Waals surface area contributed by atoms with Gasteiger partial charge in [-0.15, -0.1) is 0 Å². The zero-order valence-electron chi connectivity index (χ0n) is 14.0. The lowest BCUT2D eigenvalue weighted by atomic mass is 10.1. The Labute approximate surface area is 133 Å². The summed E-state index contributed by atoms with van der Waals surface area (Å²) >= 11 is 0. The molecule has 0 amide bonds. The Bertz CT molecular complexity index is 587. The normalized spacial score (nSPS) is 18.2. The smallest absolute Gasteiger partial charge is 0.214 e. The Morgan fingerprint density at radius 1 is 1.36 bits per heavy atom. The van der Waals surface area contributed by atoms with E-state index in [1.54, 1.807) is 4.31 Å². The van der Waals surface area contributed by atoms with Crippen LogP contribution in [0.4, 0.5) is 0 Å². The summed E-state index contributed by atoms with van der Waals surface area (Å²) in [5.74, 6) is 0.425. The van der Waals surface area contributed by atoms with Crippen LogP contribution in [0.1, 0.15) is 37.9 Å². The van der Waals surface area contributed by atoms with Crippen LogP contribution in [0.15, 0.2) is 6.20 Å². The van der Waals surface area contributed by atoms with E-state index in [0.717, 1.165) is 19.4 Å². The standard InChI is InChI=1S/C15H28N4O2S/c1-12(2)11-22(20,21)19-7-5-15(6-8-19)16-9-14-10-17-18(4)13(14)3/h10,12,15-16H,5-9,11H2,1-4H3. The van der Waals surface area contributed by atoms with E-state index >= 15 is 0 Å². The van der Waals surface area contributed by atoms with Crippen LogP contribution in [-0.4, -0.2) is 47.4 Å². The number of rotatable bonds is 6. The second kappa shape index (κ2) is 7.10. The summed E-state index contributed by atoms with van der Waals surface area (Å²) in [5, 5.41) is 7.77. The van der Waals surface area contributed by atoms with Crippen molar-refractivity contribution in [2.45, 2.75) is 46.2 Å². The third kappa shape index (κ3) is 4.30. The molecule has 2 rings (SSSR count). The number of nitrogens with one attached hydrogen (secondary N) is 1. The molecule has 1 aromatic heterocycles. The summed E-state index contributed by atoms with van der Waals surface area (Å²) in [6.07, 6.45) is 3.64. The Kier molecular flexibility index (Phi) is 5.63. The molecule has 6 nitrogen and oxygen atoms in total. The predicted molar refractivity (Wildman–Crippen MR) is 88.0 cm³/mol. The van der Waals surface area contributed by atoms with Gasteiger partial charge in [0.15, 0.2) is 0 Å². The van der Waals surface area contributed by atoms with Crippen LogP contribution in [0.5, 0.6) is 0 Å². The third-order valence-corrected chi connectivity index (χ3v) is 6.55. The molecule has 2 heterocycles. The zero-order valence-corrected chi connectivity index (χ0v) is 14.9. The summed E-state index contributed by atoms with van der Waals surface area (Å²) in [4.78, 5) is 0. The van der Waals surface area contributed by atoms with E-state index in [9.17, 15) is 8.42 Å². The minimum absolute atomic E-state index is 0.175. The van der Waals surface area contributed by atoms with Crippen molar-refractivity contribution in [1.29, 1.82) is 0 Å². The Morgan fingerprint density at radius 2 is 2.00 bits per heavy atom. The number of aromatic nitrogens is 2. The molecule has 0 radical (unpaired) electrons. The van der Waals surface area contributed by atoms with Crippen LogP contribution < -0.4 is 5.32 Å². The van der Waals surface area contributed by atoms with E-state index in [4.69, 9.17) is 0 Å². The van der Waals surface area contributed by atoms with Gasteiger partial charge in [0.1, 0.15) is 0 Å². The third-order valence-electron chi connectivity index (χ3n) is 4.31. The quantitative estimate of drug-likeness (QED) is 0.854. The van der Waals surface area contributed by atoms with Crippen LogP contribution in [0, 0.1) is 12.8 Å². The average Bonchev–Trinajstić information content (AvgIpc) is 2.76. The van der Waals surface area contributed by atoms with Crippen molar-refractivity contribution < 1.29 is 8.42 Å². The predicted octanol–water partition coefficient (Wildman–Crippen LogP) is 1.27. The molecule has 1 saturated heterocycles. The summed E-state index contributed by atoms with van der Waals surface area (Å²) in [6.45, 7) is 8.00. The van der Waals surface area contributed by atoms with Crippen molar-refractivity contribution in [3.8, 4) is 0 Å². The maximum Gasteiger partial charge on any atom is 0.214 e. The van der Waals surface area contributed by atoms with Crippen molar-refractivity contribution in [3.05, 3.63) is 17.5 Å². The molecule has 126 valence electrons. The number of hydrogen-bond acceptors (Lipinski definition) is 4. The molecular formula is C15H28N4O2S. The molecule has 0 unspecified atom stereocenters. The average molecular weight is 328 g/mol. The van der Waals surface area contributed by atoms with Gasteiger partial charge in [0.05, 0.1) is 11.9 Å². The van der Waals surface area contributed by atoms with Crippen molar-refractivity contribution in [2.75, 3.05) is 18.8 Å². The molecule has 1 fully saturated rings. The van der Waals surface area contributed by atoms with Gasteiger partial charge in [-0.3, -0.25) is 4.68 Å². The van der Waals surface area contributed by atoms with Gasteiger partial charge in [-0.25, -0.2) is 12.7 Å². The molecule has 1 aromatic rings. The molecular weight excluding hydrogens is 300 g/mol. The minimum atomic E-state index is -3.08. The molecule has 0 spiro atoms. The van der Waals surface area contributed by atoms with Gasteiger partial charge in [0.2, 0.25) is 10.0 Å². The highest BCUT2D eigenvalue weighted by atomic mass is 32.2. The largest absolute Gasteiger partial charge is 0.310 e. The van der Waals surface area contributed by atoms with E-state index in [-0.39, 0.29) is 11.7 Å². The number of sulfonamides is 1. The van der Waals surface area contributed by atoms with Crippen molar-refractivity contribution in [2.24, 2.45) is 13.0 Å². The molecule has 22 heavy (non-hydrogen) atoms. The maximum atomic E-state index is 12.2. The molecule has 1 aliphatic heterocycles. The number of aryl methyl sites for hydroxylation is 1. The van der Waals surface area contributed by atoms with Crippen LogP contribution >= 0.6 is 0 Å². The van der Waals surface area contributed by atoms with Crippen LogP contribution in [-0.2, 0) is 23.6 Å². The van der Waals surface area contributed by atoms with Crippen molar-refractivity contribution >= 4 is 10.0 Å². The fraction of sp³-hybridized carbons (Fsp3) is 0.800. The van der Waals surface area contributed by atoms with E-state index in [1.165, 1.54) is 11.3 Å². The van der Waals surface area contributed by atoms with Gasteiger partial charge < -0.3 is 5.32 Å². The van der Waals surface area contributed by atoms with Crippen molar-refractivity contribution in [3.63, 3.8) is 0 Å². The summed E-state index contributed by atoms with van der Waals surface area (Å²) < 4.78 is 28.0. The fourth-order valence-electron chi connectivity index (χ4n) is 2.84. The Hall–Kier alpha value is -0.920. The van der Waals surface area contributed by atoms with Gasteiger partial charge in [0, 0.05) is 44.0 Å². The topological polar surface area (TPSA) is 67.2 Å². The number of nitrogens with zero attached hydrogens (tertiary/aromatic N) is 3. The first-order valence-corrected chi connectivity index (χ1v) is 9.59. The molecule has 1 aliphatic rings. The van der Waals surface area contributed by atoms with E-state index in [2.05, 4.69) is 17.3 Å². The van der Waals surface area contributed by atoms with E-state index in [1.807, 2.05) is 31.8 Å². The van der Waals surface area contributed by atoms with Gasteiger partial charge >= 0.3 is 0 Å². The first-order chi connectivity index (χ1) is 10.3. The highest BCUT2D eigenvalue weighted by Crippen LogP contribution is 2.17. The van der Waals surface area contributed by atoms with Gasteiger partial charge in [-0.05, 0) is 25.7 Å². The Morgan fingerprint density at radius 3 is 2.50 bits per heavy atom. The fourth-order valence-corrected chi connectivity index (χ4v) is 4.66. The second-order valence-corrected chi connectivity index (χ2v) is 8.62. The lowest BCUT2D eigenvalue weighted by Gasteiger charge is -2.32. The summed E-state index contributed by atoms with van der Waals surface area (Å²) in [7, 11) is -1.14. The van der Waals surface area contributed by atoms with E-state index < -0.39 is 10.0 Å². The number of hydrogen-bond donors (Lipinski definition) is 1. The summed E-state index contributed by atoms with van der Waals surface area (Å²) in [6, 6.07) is 0.380. The molecule has 0 aliphatic carbocycles. The molecule has 0 aromatic carbocycles. The molecule has 0 atom stereocenters. The maximum absolute atomic E-state index is 12.2. The van der Waals surface area contributed by atoms with Crippen LogP contribution in [0.2, 0.25) is 0 Å². The lowest BCUT2D eigenvalue weighted by molar-refractivity contribution is 0.287. The van der Waals surface area contributed by atoms with Crippen molar-refractivity contribution in [1.82, 2.24) is 19.4 Å². The molecule has 0 bridgehead atoms. The molecule has 0 saturated carbocycles. The zero-order chi connectivity index (χ0) is 16.3. The number of piperidine rings is 1. The summed E-state index contributed by atoms with van der Waals surface area (Å²) in [5.41, 5.74) is 2.38. The molecule has 7 heteroatoms. The molecule has 1 N–H and O–H groups in total. The van der Waals surface area contributed by atoms with Gasteiger partial charge in [0.25, 0.3) is 0 Å². The van der Waals surface area contributed by atoms with Crippen LogP contribution in [0.25, 0.3) is 0 Å². The highest BCUT2D eigenvalue weighted by Gasteiger charge is 2.28. The minimum Gasteiger partial charge on any atom is -0.310 e.